The smallest absolute Gasteiger partial charge is 0.152 e. The first-order valence-corrected chi connectivity index (χ1v) is 7.45. The van der Waals surface area contributed by atoms with E-state index in [1.165, 1.54) is 0 Å². The van der Waals surface area contributed by atoms with E-state index in [1.807, 2.05) is 16.8 Å². The lowest BCUT2D eigenvalue weighted by Crippen LogP contribution is -2.43. The molecule has 3 heterocycles. The average molecular weight is 274 g/mol. The van der Waals surface area contributed by atoms with Gasteiger partial charge in [-0.25, -0.2) is 9.50 Å². The molecule has 1 unspecified atom stereocenters. The van der Waals surface area contributed by atoms with Gasteiger partial charge in [0.25, 0.3) is 0 Å². The molecule has 108 valence electrons. The van der Waals surface area contributed by atoms with Crippen LogP contribution in [0.15, 0.2) is 24.7 Å². The molecule has 1 aliphatic rings. The van der Waals surface area contributed by atoms with Gasteiger partial charge in [0.2, 0.25) is 0 Å². The predicted molar refractivity (Wildman–Crippen MR) is 78.9 cm³/mol. The molecule has 1 fully saturated rings. The lowest BCUT2D eigenvalue weighted by atomic mass is 9.86. The molecular formula is C15H22N4O. The molecule has 3 rings (SSSR count). The lowest BCUT2D eigenvalue weighted by Gasteiger charge is -2.40. The van der Waals surface area contributed by atoms with E-state index in [0.29, 0.717) is 6.04 Å². The van der Waals surface area contributed by atoms with Crippen molar-refractivity contribution in [2.75, 3.05) is 11.9 Å². The van der Waals surface area contributed by atoms with Gasteiger partial charge < -0.3 is 10.1 Å². The van der Waals surface area contributed by atoms with Crippen LogP contribution in [0.4, 0.5) is 5.82 Å². The van der Waals surface area contributed by atoms with Crippen LogP contribution in [0.1, 0.15) is 39.5 Å². The summed E-state index contributed by atoms with van der Waals surface area (Å²) in [6, 6.07) is 2.40. The van der Waals surface area contributed by atoms with Gasteiger partial charge in [0.15, 0.2) is 5.82 Å². The van der Waals surface area contributed by atoms with E-state index in [-0.39, 0.29) is 5.60 Å². The molecule has 0 bridgehead atoms. The third-order valence-electron chi connectivity index (χ3n) is 4.45. The Hall–Kier alpha value is -1.62. The SMILES string of the molecule is CCC1(CC)CC(Nc2nccn3nccc23)CCO1. The van der Waals surface area contributed by atoms with Crippen LogP contribution < -0.4 is 5.32 Å². The first-order chi connectivity index (χ1) is 9.76. The van der Waals surface area contributed by atoms with Crippen LogP contribution in [0, 0.1) is 0 Å². The van der Waals surface area contributed by atoms with E-state index in [1.54, 1.807) is 12.4 Å². The quantitative estimate of drug-likeness (QED) is 0.931. The van der Waals surface area contributed by atoms with Gasteiger partial charge in [0.1, 0.15) is 5.52 Å². The molecule has 1 aliphatic heterocycles. The fraction of sp³-hybridized carbons (Fsp3) is 0.600. The van der Waals surface area contributed by atoms with Crippen molar-refractivity contribution >= 4 is 11.3 Å². The molecule has 0 radical (unpaired) electrons. The molecule has 2 aromatic rings. The van der Waals surface area contributed by atoms with Crippen molar-refractivity contribution in [3.63, 3.8) is 0 Å². The second kappa shape index (κ2) is 5.40. The lowest BCUT2D eigenvalue weighted by molar-refractivity contribution is -0.0864. The summed E-state index contributed by atoms with van der Waals surface area (Å²) in [7, 11) is 0. The van der Waals surface area contributed by atoms with Crippen molar-refractivity contribution < 1.29 is 4.74 Å². The number of hydrogen-bond donors (Lipinski definition) is 1. The second-order valence-corrected chi connectivity index (χ2v) is 5.51. The van der Waals surface area contributed by atoms with Gasteiger partial charge in [0, 0.05) is 25.0 Å². The van der Waals surface area contributed by atoms with E-state index >= 15 is 0 Å². The fourth-order valence-corrected chi connectivity index (χ4v) is 3.06. The Morgan fingerprint density at radius 2 is 2.25 bits per heavy atom. The summed E-state index contributed by atoms with van der Waals surface area (Å²) >= 11 is 0. The van der Waals surface area contributed by atoms with Crippen molar-refractivity contribution in [3.05, 3.63) is 24.7 Å². The Labute approximate surface area is 119 Å². The van der Waals surface area contributed by atoms with E-state index in [2.05, 4.69) is 29.2 Å². The molecule has 1 N–H and O–H groups in total. The highest BCUT2D eigenvalue weighted by Crippen LogP contribution is 2.32. The molecule has 2 aromatic heterocycles. The van der Waals surface area contributed by atoms with E-state index in [4.69, 9.17) is 4.74 Å². The zero-order valence-electron chi connectivity index (χ0n) is 12.2. The third-order valence-corrected chi connectivity index (χ3v) is 4.45. The summed E-state index contributed by atoms with van der Waals surface area (Å²) in [5.74, 6) is 0.915. The van der Waals surface area contributed by atoms with Gasteiger partial charge in [-0.2, -0.15) is 5.10 Å². The van der Waals surface area contributed by atoms with E-state index in [9.17, 15) is 0 Å². The van der Waals surface area contributed by atoms with Crippen molar-refractivity contribution in [2.24, 2.45) is 0 Å². The average Bonchev–Trinajstić information content (AvgIpc) is 2.97. The van der Waals surface area contributed by atoms with E-state index in [0.717, 1.165) is 43.6 Å². The Balaban J connectivity index is 1.79. The van der Waals surface area contributed by atoms with Crippen LogP contribution in [-0.2, 0) is 4.74 Å². The summed E-state index contributed by atoms with van der Waals surface area (Å²) in [4.78, 5) is 4.46. The minimum absolute atomic E-state index is 0.0290. The highest BCUT2D eigenvalue weighted by molar-refractivity contribution is 5.67. The first-order valence-electron chi connectivity index (χ1n) is 7.45. The van der Waals surface area contributed by atoms with Crippen LogP contribution >= 0.6 is 0 Å². The highest BCUT2D eigenvalue weighted by atomic mass is 16.5. The molecule has 0 aromatic carbocycles. The molecule has 0 saturated carbocycles. The topological polar surface area (TPSA) is 51.5 Å². The molecule has 5 heteroatoms. The van der Waals surface area contributed by atoms with Crippen molar-refractivity contribution in [2.45, 2.75) is 51.2 Å². The molecule has 20 heavy (non-hydrogen) atoms. The third kappa shape index (κ3) is 2.38. The number of ether oxygens (including phenoxy) is 1. The van der Waals surface area contributed by atoms with Gasteiger partial charge >= 0.3 is 0 Å². The molecule has 1 saturated heterocycles. The van der Waals surface area contributed by atoms with Gasteiger partial charge in [-0.1, -0.05) is 13.8 Å². The fourth-order valence-electron chi connectivity index (χ4n) is 3.06. The number of anilines is 1. The maximum absolute atomic E-state index is 6.03. The summed E-state index contributed by atoms with van der Waals surface area (Å²) < 4.78 is 7.88. The summed E-state index contributed by atoms with van der Waals surface area (Å²) in [5.41, 5.74) is 1.05. The number of aromatic nitrogens is 3. The Kier molecular flexibility index (Phi) is 3.61. The summed E-state index contributed by atoms with van der Waals surface area (Å²) in [5, 5.41) is 7.83. The second-order valence-electron chi connectivity index (χ2n) is 5.51. The van der Waals surface area contributed by atoms with Gasteiger partial charge in [-0.15, -0.1) is 0 Å². The molecule has 5 nitrogen and oxygen atoms in total. The number of fused-ring (bicyclic) bond motifs is 1. The van der Waals surface area contributed by atoms with Gasteiger partial charge in [-0.05, 0) is 31.7 Å². The number of nitrogens with one attached hydrogen (secondary N) is 1. The normalized spacial score (nSPS) is 22.0. The van der Waals surface area contributed by atoms with Gasteiger partial charge in [-0.3, -0.25) is 0 Å². The highest BCUT2D eigenvalue weighted by Gasteiger charge is 2.34. The molecule has 0 amide bonds. The van der Waals surface area contributed by atoms with Crippen molar-refractivity contribution in [1.29, 1.82) is 0 Å². The van der Waals surface area contributed by atoms with Crippen molar-refractivity contribution in [3.8, 4) is 0 Å². The standard InChI is InChI=1S/C15H22N4O/c1-3-15(4-2)11-12(6-10-20-15)18-14-13-5-7-17-19(13)9-8-16-14/h5,7-9,12H,3-4,6,10-11H2,1-2H3,(H,16,18). The minimum Gasteiger partial charge on any atom is -0.375 e. The number of nitrogens with zero attached hydrogens (tertiary/aromatic N) is 3. The summed E-state index contributed by atoms with van der Waals surface area (Å²) in [6.45, 7) is 5.24. The largest absolute Gasteiger partial charge is 0.375 e. The monoisotopic (exact) mass is 274 g/mol. The van der Waals surface area contributed by atoms with Gasteiger partial charge in [0.05, 0.1) is 11.8 Å². The molecule has 0 spiro atoms. The van der Waals surface area contributed by atoms with Crippen LogP contribution in [-0.4, -0.2) is 32.8 Å². The minimum atomic E-state index is 0.0290. The zero-order valence-corrected chi connectivity index (χ0v) is 12.2. The molecule has 0 aliphatic carbocycles. The Morgan fingerprint density at radius 3 is 3.05 bits per heavy atom. The maximum Gasteiger partial charge on any atom is 0.152 e. The number of rotatable bonds is 4. The maximum atomic E-state index is 6.03. The van der Waals surface area contributed by atoms with E-state index < -0.39 is 0 Å². The Morgan fingerprint density at radius 1 is 1.40 bits per heavy atom. The van der Waals surface area contributed by atoms with Crippen LogP contribution in [0.2, 0.25) is 0 Å². The number of hydrogen-bond acceptors (Lipinski definition) is 4. The van der Waals surface area contributed by atoms with Crippen molar-refractivity contribution in [1.82, 2.24) is 14.6 Å². The molecular weight excluding hydrogens is 252 g/mol. The summed E-state index contributed by atoms with van der Waals surface area (Å²) in [6.07, 6.45) is 9.64. The van der Waals surface area contributed by atoms with Crippen LogP contribution in [0.5, 0.6) is 0 Å². The van der Waals surface area contributed by atoms with Crippen LogP contribution in [0.3, 0.4) is 0 Å². The molecule has 1 atom stereocenters. The van der Waals surface area contributed by atoms with Crippen LogP contribution in [0.25, 0.3) is 5.52 Å². The Bertz CT molecular complexity index is 576. The predicted octanol–water partition coefficient (Wildman–Crippen LogP) is 2.88. The zero-order chi connectivity index (χ0) is 14.0. The first kappa shape index (κ1) is 13.4.